The van der Waals surface area contributed by atoms with Crippen molar-refractivity contribution < 1.29 is 13.7 Å². The molecule has 0 spiro atoms. The summed E-state index contributed by atoms with van der Waals surface area (Å²) < 4.78 is 23.5. The first-order valence-corrected chi connectivity index (χ1v) is 8.70. The second kappa shape index (κ2) is 8.40. The van der Waals surface area contributed by atoms with Crippen LogP contribution in [-0.4, -0.2) is 43.0 Å². The number of rotatable bonds is 7. The highest BCUT2D eigenvalue weighted by Crippen LogP contribution is 2.24. The van der Waals surface area contributed by atoms with Crippen LogP contribution in [0.1, 0.15) is 30.1 Å². The molecule has 0 aliphatic carbocycles. The first-order chi connectivity index (χ1) is 12.2. The summed E-state index contributed by atoms with van der Waals surface area (Å²) in [6.07, 6.45) is 2.72. The standard InChI is InChI=1S/C18H25FN4O2/c1-13-11-14(19)3-4-16(13)23-8-5-15(6-9-23)20-12-18-21-17(22-25-18)7-10-24-2/h3-4,11,15,20H,5-10,12H2,1-2H3. The van der Waals surface area contributed by atoms with Crippen molar-refractivity contribution >= 4 is 5.69 Å². The maximum Gasteiger partial charge on any atom is 0.240 e. The Bertz CT molecular complexity index is 683. The Hall–Kier alpha value is -1.99. The molecular weight excluding hydrogens is 323 g/mol. The Labute approximate surface area is 147 Å². The van der Waals surface area contributed by atoms with E-state index < -0.39 is 0 Å². The maximum atomic E-state index is 13.3. The molecule has 1 aromatic heterocycles. The van der Waals surface area contributed by atoms with Gasteiger partial charge in [0.05, 0.1) is 13.2 Å². The molecular formula is C18H25FN4O2. The molecule has 1 aliphatic heterocycles. The van der Waals surface area contributed by atoms with E-state index in [4.69, 9.17) is 9.26 Å². The van der Waals surface area contributed by atoms with Crippen molar-refractivity contribution in [3.63, 3.8) is 0 Å². The van der Waals surface area contributed by atoms with Crippen LogP contribution >= 0.6 is 0 Å². The minimum absolute atomic E-state index is 0.178. The lowest BCUT2D eigenvalue weighted by Gasteiger charge is -2.34. The monoisotopic (exact) mass is 348 g/mol. The van der Waals surface area contributed by atoms with Gasteiger partial charge in [-0.1, -0.05) is 5.16 Å². The molecule has 1 fully saturated rings. The van der Waals surface area contributed by atoms with Crippen LogP contribution in [0.5, 0.6) is 0 Å². The molecule has 2 aromatic rings. The molecule has 25 heavy (non-hydrogen) atoms. The highest BCUT2D eigenvalue weighted by molar-refractivity contribution is 5.53. The lowest BCUT2D eigenvalue weighted by atomic mass is 10.0. The highest BCUT2D eigenvalue weighted by Gasteiger charge is 2.21. The van der Waals surface area contributed by atoms with E-state index >= 15 is 0 Å². The fourth-order valence-corrected chi connectivity index (χ4v) is 3.19. The number of nitrogens with one attached hydrogen (secondary N) is 1. The largest absolute Gasteiger partial charge is 0.384 e. The summed E-state index contributed by atoms with van der Waals surface area (Å²) in [5, 5.41) is 7.43. The number of aromatic nitrogens is 2. The van der Waals surface area contributed by atoms with Gasteiger partial charge in [-0.05, 0) is 43.5 Å². The fraction of sp³-hybridized carbons (Fsp3) is 0.556. The Morgan fingerprint density at radius 2 is 2.16 bits per heavy atom. The summed E-state index contributed by atoms with van der Waals surface area (Å²) in [6, 6.07) is 5.42. The average Bonchev–Trinajstić information content (AvgIpc) is 3.07. The number of piperidine rings is 1. The molecule has 2 heterocycles. The van der Waals surface area contributed by atoms with Crippen LogP contribution in [0.4, 0.5) is 10.1 Å². The van der Waals surface area contributed by atoms with Gasteiger partial charge in [-0.3, -0.25) is 0 Å². The number of halogens is 1. The molecule has 0 saturated carbocycles. The zero-order valence-electron chi connectivity index (χ0n) is 14.8. The second-order valence-electron chi connectivity index (χ2n) is 6.42. The molecule has 0 atom stereocenters. The van der Waals surface area contributed by atoms with E-state index in [-0.39, 0.29) is 5.82 Å². The lowest BCUT2D eigenvalue weighted by molar-refractivity contribution is 0.199. The van der Waals surface area contributed by atoms with Gasteiger partial charge in [0.2, 0.25) is 5.89 Å². The topological polar surface area (TPSA) is 63.4 Å². The van der Waals surface area contributed by atoms with Crippen molar-refractivity contribution in [1.29, 1.82) is 0 Å². The van der Waals surface area contributed by atoms with E-state index in [2.05, 4.69) is 20.4 Å². The smallest absolute Gasteiger partial charge is 0.240 e. The summed E-state index contributed by atoms with van der Waals surface area (Å²) in [5.74, 6) is 1.12. The van der Waals surface area contributed by atoms with Crippen LogP contribution in [0.3, 0.4) is 0 Å². The van der Waals surface area contributed by atoms with Crippen LogP contribution in [0.15, 0.2) is 22.7 Å². The van der Waals surface area contributed by atoms with Crippen molar-refractivity contribution in [3.05, 3.63) is 41.3 Å². The van der Waals surface area contributed by atoms with Crippen LogP contribution in [0.2, 0.25) is 0 Å². The van der Waals surface area contributed by atoms with E-state index in [9.17, 15) is 4.39 Å². The number of benzene rings is 1. The number of aryl methyl sites for hydroxylation is 1. The molecule has 1 aromatic carbocycles. The zero-order chi connectivity index (χ0) is 17.6. The summed E-state index contributed by atoms with van der Waals surface area (Å²) >= 11 is 0. The maximum absolute atomic E-state index is 13.3. The van der Waals surface area contributed by atoms with Gasteiger partial charge < -0.3 is 19.5 Å². The molecule has 136 valence electrons. The third kappa shape index (κ3) is 4.76. The van der Waals surface area contributed by atoms with Crippen LogP contribution in [0.25, 0.3) is 0 Å². The number of nitrogens with zero attached hydrogens (tertiary/aromatic N) is 3. The van der Waals surface area contributed by atoms with Gasteiger partial charge in [0.25, 0.3) is 0 Å². The Morgan fingerprint density at radius 3 is 2.88 bits per heavy atom. The minimum atomic E-state index is -0.178. The van der Waals surface area contributed by atoms with Gasteiger partial charge in [0.1, 0.15) is 5.82 Å². The molecule has 1 N–H and O–H groups in total. The number of hydrogen-bond donors (Lipinski definition) is 1. The first-order valence-electron chi connectivity index (χ1n) is 8.70. The van der Waals surface area contributed by atoms with Gasteiger partial charge in [0.15, 0.2) is 5.82 Å². The quantitative estimate of drug-likeness (QED) is 0.829. The van der Waals surface area contributed by atoms with Crippen molar-refractivity contribution in [1.82, 2.24) is 15.5 Å². The Kier molecular flexibility index (Phi) is 5.99. The second-order valence-corrected chi connectivity index (χ2v) is 6.42. The van der Waals surface area contributed by atoms with Crippen molar-refractivity contribution in [2.75, 3.05) is 31.7 Å². The van der Waals surface area contributed by atoms with Crippen LogP contribution < -0.4 is 10.2 Å². The van der Waals surface area contributed by atoms with Gasteiger partial charge in [-0.25, -0.2) is 4.39 Å². The molecule has 0 amide bonds. The van der Waals surface area contributed by atoms with Gasteiger partial charge in [-0.2, -0.15) is 4.98 Å². The number of anilines is 1. The van der Waals surface area contributed by atoms with Gasteiger partial charge in [-0.15, -0.1) is 0 Å². The van der Waals surface area contributed by atoms with Crippen molar-refractivity contribution in [2.45, 2.75) is 38.8 Å². The minimum Gasteiger partial charge on any atom is -0.384 e. The van der Waals surface area contributed by atoms with E-state index in [1.165, 1.54) is 6.07 Å². The number of hydrogen-bond acceptors (Lipinski definition) is 6. The van der Waals surface area contributed by atoms with E-state index in [1.807, 2.05) is 13.0 Å². The normalized spacial score (nSPS) is 15.7. The summed E-state index contributed by atoms with van der Waals surface area (Å²) in [7, 11) is 1.66. The van der Waals surface area contributed by atoms with E-state index in [0.29, 0.717) is 37.3 Å². The van der Waals surface area contributed by atoms with E-state index in [1.54, 1.807) is 13.2 Å². The average molecular weight is 348 g/mol. The Balaban J connectivity index is 1.45. The molecule has 0 unspecified atom stereocenters. The molecule has 1 aliphatic rings. The Morgan fingerprint density at radius 1 is 1.36 bits per heavy atom. The first kappa shape index (κ1) is 17.8. The summed E-state index contributed by atoms with van der Waals surface area (Å²) in [4.78, 5) is 6.67. The third-order valence-electron chi connectivity index (χ3n) is 4.58. The van der Waals surface area contributed by atoms with E-state index in [0.717, 1.165) is 37.2 Å². The highest BCUT2D eigenvalue weighted by atomic mass is 19.1. The third-order valence-corrected chi connectivity index (χ3v) is 4.58. The zero-order valence-corrected chi connectivity index (χ0v) is 14.8. The summed E-state index contributed by atoms with van der Waals surface area (Å²) in [5.41, 5.74) is 2.11. The van der Waals surface area contributed by atoms with Crippen LogP contribution in [-0.2, 0) is 17.7 Å². The molecule has 6 nitrogen and oxygen atoms in total. The molecule has 3 rings (SSSR count). The van der Waals surface area contributed by atoms with Crippen molar-refractivity contribution in [2.24, 2.45) is 0 Å². The van der Waals surface area contributed by atoms with Crippen LogP contribution in [0, 0.1) is 12.7 Å². The van der Waals surface area contributed by atoms with Gasteiger partial charge in [0, 0.05) is 38.3 Å². The molecule has 7 heteroatoms. The predicted octanol–water partition coefficient (Wildman–Crippen LogP) is 2.46. The lowest BCUT2D eigenvalue weighted by Crippen LogP contribution is -2.42. The number of methoxy groups -OCH3 is 1. The molecule has 0 bridgehead atoms. The summed E-state index contributed by atoms with van der Waals surface area (Å²) in [6.45, 7) is 5.04. The number of ether oxygens (including phenoxy) is 1. The fourth-order valence-electron chi connectivity index (χ4n) is 3.19. The van der Waals surface area contributed by atoms with Gasteiger partial charge >= 0.3 is 0 Å². The SMILES string of the molecule is COCCc1noc(CNC2CCN(c3ccc(F)cc3C)CC2)n1. The molecule has 0 radical (unpaired) electrons. The molecule has 1 saturated heterocycles. The van der Waals surface area contributed by atoms with Crippen molar-refractivity contribution in [3.8, 4) is 0 Å². The predicted molar refractivity (Wildman–Crippen MR) is 93.1 cm³/mol.